The summed E-state index contributed by atoms with van der Waals surface area (Å²) in [5.41, 5.74) is 2.16. The Bertz CT molecular complexity index is 914. The molecule has 27 heavy (non-hydrogen) atoms. The number of nitrogens with zero attached hydrogens (tertiary/aromatic N) is 2. The first-order chi connectivity index (χ1) is 13.1. The Kier molecular flexibility index (Phi) is 6.34. The van der Waals surface area contributed by atoms with Crippen molar-refractivity contribution in [1.82, 2.24) is 4.98 Å². The third-order valence-electron chi connectivity index (χ3n) is 4.17. The topological polar surface area (TPSA) is 50.3 Å². The van der Waals surface area contributed by atoms with Crippen LogP contribution in [0.5, 0.6) is 0 Å². The fourth-order valence-electron chi connectivity index (χ4n) is 2.78. The molecule has 0 bridgehead atoms. The van der Waals surface area contributed by atoms with Crippen LogP contribution in [-0.4, -0.2) is 16.7 Å². The summed E-state index contributed by atoms with van der Waals surface area (Å²) in [4.78, 5) is 31.1. The molecule has 0 spiro atoms. The summed E-state index contributed by atoms with van der Waals surface area (Å²) >= 11 is 6.08. The number of hydrogen-bond acceptors (Lipinski definition) is 3. The standard InChI is InChI=1S/C22H19ClN2O2/c23-20-11-5-4-10-19(20)21(26)12-13-22(27)25(18-8-2-1-3-9-18)16-17-7-6-14-24-15-17/h1-11,14-15H,12-13,16H2. The number of pyridine rings is 1. The number of para-hydroxylation sites is 1. The summed E-state index contributed by atoms with van der Waals surface area (Å²) in [6, 6.07) is 20.1. The van der Waals surface area contributed by atoms with E-state index in [9.17, 15) is 9.59 Å². The predicted octanol–water partition coefficient (Wildman–Crippen LogP) is 4.93. The Morgan fingerprint density at radius 1 is 0.889 bits per heavy atom. The molecule has 0 aliphatic heterocycles. The van der Waals surface area contributed by atoms with Gasteiger partial charge < -0.3 is 4.90 Å². The molecule has 3 aromatic rings. The molecule has 1 heterocycles. The molecule has 2 aromatic carbocycles. The van der Waals surface area contributed by atoms with E-state index in [0.29, 0.717) is 17.1 Å². The largest absolute Gasteiger partial charge is 0.308 e. The number of aromatic nitrogens is 1. The van der Waals surface area contributed by atoms with E-state index in [1.54, 1.807) is 41.6 Å². The monoisotopic (exact) mass is 378 g/mol. The Morgan fingerprint density at radius 2 is 1.63 bits per heavy atom. The maximum absolute atomic E-state index is 12.9. The van der Waals surface area contributed by atoms with E-state index in [2.05, 4.69) is 4.98 Å². The van der Waals surface area contributed by atoms with Crippen molar-refractivity contribution in [2.24, 2.45) is 0 Å². The van der Waals surface area contributed by atoms with E-state index >= 15 is 0 Å². The molecule has 0 N–H and O–H groups in total. The quantitative estimate of drug-likeness (QED) is 0.547. The van der Waals surface area contributed by atoms with Crippen LogP contribution in [0, 0.1) is 0 Å². The van der Waals surface area contributed by atoms with Crippen molar-refractivity contribution in [3.8, 4) is 0 Å². The molecule has 0 radical (unpaired) electrons. The number of amides is 1. The maximum Gasteiger partial charge on any atom is 0.227 e. The smallest absolute Gasteiger partial charge is 0.227 e. The van der Waals surface area contributed by atoms with Gasteiger partial charge in [-0.05, 0) is 35.9 Å². The minimum Gasteiger partial charge on any atom is -0.308 e. The van der Waals surface area contributed by atoms with Gasteiger partial charge in [0.05, 0.1) is 11.6 Å². The molecule has 0 unspecified atom stereocenters. The van der Waals surface area contributed by atoms with Crippen LogP contribution in [0.1, 0.15) is 28.8 Å². The van der Waals surface area contributed by atoms with E-state index in [1.165, 1.54) is 0 Å². The highest BCUT2D eigenvalue weighted by Gasteiger charge is 2.18. The van der Waals surface area contributed by atoms with Crippen molar-refractivity contribution in [3.05, 3.63) is 95.3 Å². The summed E-state index contributed by atoms with van der Waals surface area (Å²) < 4.78 is 0. The van der Waals surface area contributed by atoms with Crippen molar-refractivity contribution in [2.75, 3.05) is 4.90 Å². The lowest BCUT2D eigenvalue weighted by Gasteiger charge is -2.23. The summed E-state index contributed by atoms with van der Waals surface area (Å²) in [7, 11) is 0. The second kappa shape index (κ2) is 9.10. The summed E-state index contributed by atoms with van der Waals surface area (Å²) in [5.74, 6) is -0.256. The van der Waals surface area contributed by atoms with Gasteiger partial charge in [-0.3, -0.25) is 14.6 Å². The third kappa shape index (κ3) is 5.02. The van der Waals surface area contributed by atoms with Crippen molar-refractivity contribution >= 4 is 29.0 Å². The first-order valence-electron chi connectivity index (χ1n) is 8.67. The van der Waals surface area contributed by atoms with Gasteiger partial charge in [-0.25, -0.2) is 0 Å². The van der Waals surface area contributed by atoms with Crippen LogP contribution in [-0.2, 0) is 11.3 Å². The van der Waals surface area contributed by atoms with Crippen LogP contribution in [0.3, 0.4) is 0 Å². The molecule has 0 saturated carbocycles. The number of Topliss-reactive ketones (excluding diaryl/α,β-unsaturated/α-hetero) is 1. The molecule has 0 aliphatic rings. The van der Waals surface area contributed by atoms with Gasteiger partial charge in [-0.15, -0.1) is 0 Å². The van der Waals surface area contributed by atoms with E-state index in [-0.39, 0.29) is 24.5 Å². The van der Waals surface area contributed by atoms with Crippen LogP contribution in [0.4, 0.5) is 5.69 Å². The second-order valence-electron chi connectivity index (χ2n) is 6.08. The number of rotatable bonds is 7. The van der Waals surface area contributed by atoms with Crippen LogP contribution in [0.2, 0.25) is 5.02 Å². The number of halogens is 1. The fourth-order valence-corrected chi connectivity index (χ4v) is 3.02. The van der Waals surface area contributed by atoms with E-state index < -0.39 is 0 Å². The van der Waals surface area contributed by atoms with Crippen molar-refractivity contribution in [2.45, 2.75) is 19.4 Å². The molecular weight excluding hydrogens is 360 g/mol. The van der Waals surface area contributed by atoms with Gasteiger partial charge in [0.2, 0.25) is 5.91 Å². The van der Waals surface area contributed by atoms with Crippen molar-refractivity contribution < 1.29 is 9.59 Å². The second-order valence-corrected chi connectivity index (χ2v) is 6.49. The molecule has 1 aromatic heterocycles. The van der Waals surface area contributed by atoms with E-state index in [1.807, 2.05) is 42.5 Å². The Balaban J connectivity index is 1.73. The zero-order valence-electron chi connectivity index (χ0n) is 14.7. The number of benzene rings is 2. The molecule has 0 saturated heterocycles. The Morgan fingerprint density at radius 3 is 2.33 bits per heavy atom. The molecule has 0 fully saturated rings. The number of carbonyl (C=O) groups is 2. The molecule has 4 nitrogen and oxygen atoms in total. The molecular formula is C22H19ClN2O2. The van der Waals surface area contributed by atoms with Gasteiger partial charge in [0.25, 0.3) is 0 Å². The maximum atomic E-state index is 12.9. The molecule has 3 rings (SSSR count). The normalized spacial score (nSPS) is 10.4. The van der Waals surface area contributed by atoms with Crippen LogP contribution < -0.4 is 4.90 Å². The summed E-state index contributed by atoms with van der Waals surface area (Å²) in [5, 5.41) is 0.408. The highest BCUT2D eigenvalue weighted by atomic mass is 35.5. The minimum absolute atomic E-state index is 0.110. The highest BCUT2D eigenvalue weighted by Crippen LogP contribution is 2.21. The summed E-state index contributed by atoms with van der Waals surface area (Å²) in [6.45, 7) is 0.400. The minimum atomic E-state index is -0.136. The number of ketones is 1. The average Bonchev–Trinajstić information content (AvgIpc) is 2.72. The molecule has 5 heteroatoms. The molecule has 0 atom stereocenters. The van der Waals surface area contributed by atoms with Gasteiger partial charge >= 0.3 is 0 Å². The van der Waals surface area contributed by atoms with Crippen LogP contribution in [0.25, 0.3) is 0 Å². The molecule has 136 valence electrons. The zero-order valence-corrected chi connectivity index (χ0v) is 15.5. The predicted molar refractivity (Wildman–Crippen MR) is 107 cm³/mol. The van der Waals surface area contributed by atoms with Crippen LogP contribution >= 0.6 is 11.6 Å². The average molecular weight is 379 g/mol. The van der Waals surface area contributed by atoms with Gasteiger partial charge in [0.1, 0.15) is 0 Å². The SMILES string of the molecule is O=C(CCC(=O)N(Cc1cccnc1)c1ccccc1)c1ccccc1Cl. The summed E-state index contributed by atoms with van der Waals surface area (Å²) in [6.07, 6.45) is 3.65. The lowest BCUT2D eigenvalue weighted by molar-refractivity contribution is -0.118. The van der Waals surface area contributed by atoms with E-state index in [0.717, 1.165) is 11.3 Å². The van der Waals surface area contributed by atoms with Crippen molar-refractivity contribution in [1.29, 1.82) is 0 Å². The highest BCUT2D eigenvalue weighted by molar-refractivity contribution is 6.34. The third-order valence-corrected chi connectivity index (χ3v) is 4.50. The first kappa shape index (κ1) is 18.8. The zero-order chi connectivity index (χ0) is 19.1. The molecule has 0 aliphatic carbocycles. The first-order valence-corrected chi connectivity index (χ1v) is 9.05. The number of hydrogen-bond donors (Lipinski definition) is 0. The number of anilines is 1. The van der Waals surface area contributed by atoms with E-state index in [4.69, 9.17) is 11.6 Å². The lowest BCUT2D eigenvalue weighted by atomic mass is 10.1. The Hall–Kier alpha value is -2.98. The van der Waals surface area contributed by atoms with Gasteiger partial charge in [0, 0.05) is 36.5 Å². The lowest BCUT2D eigenvalue weighted by Crippen LogP contribution is -2.30. The Labute approximate surface area is 163 Å². The number of carbonyl (C=O) groups excluding carboxylic acids is 2. The van der Waals surface area contributed by atoms with Gasteiger partial charge in [0.15, 0.2) is 5.78 Å². The van der Waals surface area contributed by atoms with Gasteiger partial charge in [-0.1, -0.05) is 48.0 Å². The van der Waals surface area contributed by atoms with Crippen molar-refractivity contribution in [3.63, 3.8) is 0 Å². The molecule has 1 amide bonds. The van der Waals surface area contributed by atoms with Gasteiger partial charge in [-0.2, -0.15) is 0 Å². The fraction of sp³-hybridized carbons (Fsp3) is 0.136. The van der Waals surface area contributed by atoms with Crippen LogP contribution in [0.15, 0.2) is 79.1 Å².